The van der Waals surface area contributed by atoms with Crippen LogP contribution in [0.2, 0.25) is 0 Å². The molecule has 0 atom stereocenters. The first-order valence-electron chi connectivity index (χ1n) is 6.53. The highest BCUT2D eigenvalue weighted by atomic mass is 32.2. The molecule has 0 spiro atoms. The second-order valence-electron chi connectivity index (χ2n) is 4.31. The van der Waals surface area contributed by atoms with Crippen molar-refractivity contribution >= 4 is 35.3 Å². The Morgan fingerprint density at radius 1 is 0.944 bits per heavy atom. The molecule has 0 aromatic carbocycles. The van der Waals surface area contributed by atoms with Crippen molar-refractivity contribution in [1.29, 1.82) is 0 Å². The van der Waals surface area contributed by atoms with Gasteiger partial charge in [-0.05, 0) is 12.2 Å². The summed E-state index contributed by atoms with van der Waals surface area (Å²) in [6.45, 7) is 3.51. The summed E-state index contributed by atoms with van der Waals surface area (Å²) >= 11 is 6.32. The van der Waals surface area contributed by atoms with Crippen LogP contribution in [-0.4, -0.2) is 59.1 Å². The van der Waals surface area contributed by atoms with Crippen molar-refractivity contribution in [1.82, 2.24) is 4.90 Å². The normalized spacial score (nSPS) is 23.4. The molecule has 1 aliphatic carbocycles. The van der Waals surface area contributed by atoms with Gasteiger partial charge in [-0.3, -0.25) is 4.90 Å². The van der Waals surface area contributed by atoms with E-state index in [1.165, 1.54) is 53.2 Å². The van der Waals surface area contributed by atoms with E-state index in [0.717, 1.165) is 6.54 Å². The van der Waals surface area contributed by atoms with Crippen LogP contribution >= 0.6 is 35.3 Å². The second-order valence-corrected chi connectivity index (χ2v) is 7.98. The third-order valence-electron chi connectivity index (χ3n) is 2.90. The summed E-state index contributed by atoms with van der Waals surface area (Å²) in [5, 5.41) is 0. The zero-order valence-corrected chi connectivity index (χ0v) is 13.2. The maximum Gasteiger partial charge on any atom is 0.0307 e. The van der Waals surface area contributed by atoms with Gasteiger partial charge in [0, 0.05) is 59.7 Å². The van der Waals surface area contributed by atoms with E-state index in [0.29, 0.717) is 0 Å². The van der Waals surface area contributed by atoms with E-state index in [1.54, 1.807) is 0 Å². The number of nitrogens with zero attached hydrogens (tertiary/aromatic N) is 1. The van der Waals surface area contributed by atoms with Gasteiger partial charge in [0.25, 0.3) is 0 Å². The minimum atomic E-state index is 1.07. The molecule has 0 N–H and O–H groups in total. The number of rotatable bonds is 2. The molecule has 0 radical (unpaired) electrons. The van der Waals surface area contributed by atoms with E-state index >= 15 is 0 Å². The molecule has 0 amide bonds. The highest BCUT2D eigenvalue weighted by Gasteiger charge is 2.08. The lowest BCUT2D eigenvalue weighted by atomic mass is 10.3. The summed E-state index contributed by atoms with van der Waals surface area (Å²) in [6, 6.07) is 0. The summed E-state index contributed by atoms with van der Waals surface area (Å²) in [6.07, 6.45) is 6.30. The molecule has 0 bridgehead atoms. The van der Waals surface area contributed by atoms with E-state index in [-0.39, 0.29) is 0 Å². The Kier molecular flexibility index (Phi) is 7.51. The lowest BCUT2D eigenvalue weighted by Gasteiger charge is -2.22. The van der Waals surface area contributed by atoms with E-state index < -0.39 is 0 Å². The van der Waals surface area contributed by atoms with Gasteiger partial charge in [-0.1, -0.05) is 6.08 Å². The third-order valence-corrected chi connectivity index (χ3v) is 6.33. The molecular weight excluding hydrogens is 278 g/mol. The van der Waals surface area contributed by atoms with Gasteiger partial charge in [0.2, 0.25) is 0 Å². The van der Waals surface area contributed by atoms with Crippen molar-refractivity contribution in [2.75, 3.05) is 54.2 Å². The van der Waals surface area contributed by atoms with Crippen molar-refractivity contribution in [2.24, 2.45) is 0 Å². The zero-order valence-electron chi connectivity index (χ0n) is 10.8. The van der Waals surface area contributed by atoms with Gasteiger partial charge in [-0.2, -0.15) is 35.3 Å². The Morgan fingerprint density at radius 3 is 2.11 bits per heavy atom. The largest absolute Gasteiger partial charge is 0.297 e. The van der Waals surface area contributed by atoms with E-state index in [4.69, 9.17) is 0 Å². The Bertz CT molecular complexity index is 320. The van der Waals surface area contributed by atoms with E-state index in [9.17, 15) is 0 Å². The SMILES string of the molecule is C1=CC=CC=1CN1CCSCCSCCSCC1. The summed E-state index contributed by atoms with van der Waals surface area (Å²) in [5.41, 5.74) is 4.65. The highest BCUT2D eigenvalue weighted by Crippen LogP contribution is 2.14. The molecule has 1 fully saturated rings. The molecule has 4 heteroatoms. The molecular formula is C14H21NS3. The summed E-state index contributed by atoms with van der Waals surface area (Å²) in [4.78, 5) is 2.58. The van der Waals surface area contributed by atoms with Crippen LogP contribution < -0.4 is 0 Å². The smallest absolute Gasteiger partial charge is 0.0307 e. The van der Waals surface area contributed by atoms with Crippen molar-refractivity contribution in [3.8, 4) is 0 Å². The topological polar surface area (TPSA) is 3.24 Å². The number of hydrogen-bond acceptors (Lipinski definition) is 4. The minimum Gasteiger partial charge on any atom is -0.297 e. The van der Waals surface area contributed by atoms with E-state index in [2.05, 4.69) is 58.1 Å². The molecule has 18 heavy (non-hydrogen) atoms. The number of hydrogen-bond donors (Lipinski definition) is 0. The maximum absolute atomic E-state index is 3.31. The average Bonchev–Trinajstić information content (AvgIpc) is 2.85. The molecule has 1 heterocycles. The Balaban J connectivity index is 1.77. The van der Waals surface area contributed by atoms with Crippen LogP contribution in [0.5, 0.6) is 0 Å². The van der Waals surface area contributed by atoms with Crippen LogP contribution in [0.25, 0.3) is 0 Å². The van der Waals surface area contributed by atoms with Crippen LogP contribution in [0, 0.1) is 0 Å². The lowest BCUT2D eigenvalue weighted by Crippen LogP contribution is -2.30. The molecule has 0 saturated carbocycles. The Hall–Kier alpha value is 0.270. The first kappa shape index (κ1) is 14.7. The van der Waals surface area contributed by atoms with E-state index in [1.807, 2.05) is 6.08 Å². The lowest BCUT2D eigenvalue weighted by molar-refractivity contribution is 0.338. The third kappa shape index (κ3) is 5.94. The molecule has 2 aliphatic rings. The van der Waals surface area contributed by atoms with Gasteiger partial charge in [-0.25, -0.2) is 0 Å². The van der Waals surface area contributed by atoms with Crippen LogP contribution in [-0.2, 0) is 0 Å². The molecule has 0 aromatic heterocycles. The summed E-state index contributed by atoms with van der Waals surface area (Å²) < 4.78 is 0. The van der Waals surface area contributed by atoms with Crippen molar-refractivity contribution in [3.05, 3.63) is 29.5 Å². The van der Waals surface area contributed by atoms with Crippen molar-refractivity contribution in [2.45, 2.75) is 0 Å². The van der Waals surface area contributed by atoms with Crippen LogP contribution in [0.4, 0.5) is 0 Å². The first-order valence-corrected chi connectivity index (χ1v) is 9.99. The maximum atomic E-state index is 3.31. The fraction of sp³-hybridized carbons (Fsp3) is 0.643. The monoisotopic (exact) mass is 299 g/mol. The molecule has 0 aromatic rings. The predicted molar refractivity (Wildman–Crippen MR) is 89.2 cm³/mol. The molecule has 2 rings (SSSR count). The van der Waals surface area contributed by atoms with Gasteiger partial charge in [0.1, 0.15) is 0 Å². The van der Waals surface area contributed by atoms with Gasteiger partial charge in [-0.15, -0.1) is 5.73 Å². The average molecular weight is 300 g/mol. The standard InChI is InChI=1S/C14H21NS3/c1-2-4-14(3-1)13-15-5-7-16-9-11-18-12-10-17-8-6-15/h1-3H,5-13H2. The summed E-state index contributed by atoms with van der Waals surface area (Å²) in [5.74, 6) is 7.80. The quantitative estimate of drug-likeness (QED) is 0.720. The first-order chi connectivity index (χ1) is 8.95. The van der Waals surface area contributed by atoms with Crippen LogP contribution in [0.15, 0.2) is 29.5 Å². The molecule has 1 aliphatic heterocycles. The number of allylic oxidation sites excluding steroid dienone is 1. The molecule has 1 nitrogen and oxygen atoms in total. The Morgan fingerprint density at radius 2 is 1.56 bits per heavy atom. The van der Waals surface area contributed by atoms with Gasteiger partial charge < -0.3 is 0 Å². The van der Waals surface area contributed by atoms with Gasteiger partial charge in [0.05, 0.1) is 0 Å². The van der Waals surface area contributed by atoms with Crippen molar-refractivity contribution < 1.29 is 0 Å². The fourth-order valence-electron chi connectivity index (χ4n) is 1.91. The highest BCUT2D eigenvalue weighted by molar-refractivity contribution is 8.04. The van der Waals surface area contributed by atoms with Crippen LogP contribution in [0.3, 0.4) is 0 Å². The summed E-state index contributed by atoms with van der Waals surface area (Å²) in [7, 11) is 0. The molecule has 0 unspecified atom stereocenters. The van der Waals surface area contributed by atoms with Gasteiger partial charge in [0.15, 0.2) is 0 Å². The predicted octanol–water partition coefficient (Wildman–Crippen LogP) is 3.15. The fourth-order valence-corrected chi connectivity index (χ4v) is 5.18. The van der Waals surface area contributed by atoms with Gasteiger partial charge >= 0.3 is 0 Å². The number of thioether (sulfide) groups is 3. The van der Waals surface area contributed by atoms with Crippen LogP contribution in [0.1, 0.15) is 0 Å². The van der Waals surface area contributed by atoms with Crippen molar-refractivity contribution in [3.63, 3.8) is 0 Å². The second kappa shape index (κ2) is 9.22. The zero-order chi connectivity index (χ0) is 12.5. The Labute approximate surface area is 124 Å². The minimum absolute atomic E-state index is 1.07. The molecule has 1 saturated heterocycles. The molecule has 100 valence electrons.